The van der Waals surface area contributed by atoms with Crippen LogP contribution in [0.3, 0.4) is 0 Å². The molecule has 0 spiro atoms. The number of hydrogen-bond acceptors (Lipinski definition) is 4. The molecule has 0 radical (unpaired) electrons. The molecule has 0 saturated carbocycles. The SMILES string of the molecule is CC(Cn1nc(C(=O)O)ccc1=O)C(N)=O. The molecule has 0 saturated heterocycles. The van der Waals surface area contributed by atoms with Crippen molar-refractivity contribution in [3.63, 3.8) is 0 Å². The van der Waals surface area contributed by atoms with Crippen molar-refractivity contribution in [1.82, 2.24) is 9.78 Å². The number of rotatable bonds is 4. The van der Waals surface area contributed by atoms with Crippen LogP contribution in [-0.4, -0.2) is 26.8 Å². The molecule has 7 heteroatoms. The highest BCUT2D eigenvalue weighted by molar-refractivity contribution is 5.84. The summed E-state index contributed by atoms with van der Waals surface area (Å²) >= 11 is 0. The van der Waals surface area contributed by atoms with Crippen molar-refractivity contribution in [2.75, 3.05) is 0 Å². The van der Waals surface area contributed by atoms with Gasteiger partial charge in [-0.05, 0) is 6.07 Å². The molecule has 86 valence electrons. The molecule has 7 nitrogen and oxygen atoms in total. The van der Waals surface area contributed by atoms with Crippen molar-refractivity contribution in [2.24, 2.45) is 11.7 Å². The second kappa shape index (κ2) is 4.56. The smallest absolute Gasteiger partial charge is 0.356 e. The van der Waals surface area contributed by atoms with Crippen LogP contribution < -0.4 is 11.3 Å². The molecule has 1 atom stereocenters. The number of nitrogens with zero attached hydrogens (tertiary/aromatic N) is 2. The Bertz CT molecular complexity index is 480. The molecule has 0 aliphatic heterocycles. The van der Waals surface area contributed by atoms with E-state index in [2.05, 4.69) is 5.10 Å². The highest BCUT2D eigenvalue weighted by Gasteiger charge is 2.13. The van der Waals surface area contributed by atoms with E-state index in [4.69, 9.17) is 10.8 Å². The quantitative estimate of drug-likeness (QED) is 0.686. The standard InChI is InChI=1S/C9H11N3O4/c1-5(8(10)14)4-12-7(13)3-2-6(11-12)9(15)16/h2-3,5H,4H2,1H3,(H2,10,14)(H,15,16). The summed E-state index contributed by atoms with van der Waals surface area (Å²) in [6.07, 6.45) is 0. The summed E-state index contributed by atoms with van der Waals surface area (Å²) in [6.45, 7) is 1.50. The number of carboxylic acids is 1. The highest BCUT2D eigenvalue weighted by Crippen LogP contribution is 1.97. The Morgan fingerprint density at radius 1 is 1.56 bits per heavy atom. The van der Waals surface area contributed by atoms with Crippen molar-refractivity contribution >= 4 is 11.9 Å². The Kier molecular flexibility index (Phi) is 3.39. The topological polar surface area (TPSA) is 115 Å². The molecule has 1 aromatic heterocycles. The molecule has 0 aliphatic carbocycles. The summed E-state index contributed by atoms with van der Waals surface area (Å²) in [5.74, 6) is -2.40. The number of aromatic nitrogens is 2. The Labute approximate surface area is 90.5 Å². The highest BCUT2D eigenvalue weighted by atomic mass is 16.4. The zero-order chi connectivity index (χ0) is 12.3. The second-order valence-electron chi connectivity index (χ2n) is 3.35. The van der Waals surface area contributed by atoms with E-state index in [1.165, 1.54) is 6.92 Å². The molecule has 1 amide bonds. The van der Waals surface area contributed by atoms with Crippen LogP contribution in [0.15, 0.2) is 16.9 Å². The number of amides is 1. The minimum absolute atomic E-state index is 0.0325. The Morgan fingerprint density at radius 2 is 2.19 bits per heavy atom. The van der Waals surface area contributed by atoms with Crippen LogP contribution in [0.2, 0.25) is 0 Å². The number of aromatic carboxylic acids is 1. The van der Waals surface area contributed by atoms with Gasteiger partial charge in [0.2, 0.25) is 5.91 Å². The Balaban J connectivity index is 3.03. The second-order valence-corrected chi connectivity index (χ2v) is 3.35. The van der Waals surface area contributed by atoms with Crippen molar-refractivity contribution in [1.29, 1.82) is 0 Å². The maximum Gasteiger partial charge on any atom is 0.356 e. The van der Waals surface area contributed by atoms with Gasteiger partial charge in [-0.25, -0.2) is 9.48 Å². The van der Waals surface area contributed by atoms with E-state index < -0.39 is 23.4 Å². The van der Waals surface area contributed by atoms with Gasteiger partial charge in [0.05, 0.1) is 12.5 Å². The zero-order valence-electron chi connectivity index (χ0n) is 8.58. The van der Waals surface area contributed by atoms with Crippen molar-refractivity contribution in [3.8, 4) is 0 Å². The lowest BCUT2D eigenvalue weighted by Crippen LogP contribution is -2.32. The lowest BCUT2D eigenvalue weighted by Gasteiger charge is -2.08. The molecular formula is C9H11N3O4. The fraction of sp³-hybridized carbons (Fsp3) is 0.333. The average molecular weight is 225 g/mol. The van der Waals surface area contributed by atoms with Crippen molar-refractivity contribution < 1.29 is 14.7 Å². The summed E-state index contributed by atoms with van der Waals surface area (Å²) in [5.41, 5.74) is 4.31. The van der Waals surface area contributed by atoms with Crippen LogP contribution in [-0.2, 0) is 11.3 Å². The average Bonchev–Trinajstić information content (AvgIpc) is 2.20. The fourth-order valence-corrected chi connectivity index (χ4v) is 1.04. The molecule has 1 unspecified atom stereocenters. The van der Waals surface area contributed by atoms with Gasteiger partial charge in [0, 0.05) is 6.07 Å². The van der Waals surface area contributed by atoms with Gasteiger partial charge >= 0.3 is 5.97 Å². The minimum Gasteiger partial charge on any atom is -0.476 e. The van der Waals surface area contributed by atoms with Gasteiger partial charge in [-0.3, -0.25) is 9.59 Å². The first-order chi connectivity index (χ1) is 7.41. The number of carbonyl (C=O) groups excluding carboxylic acids is 1. The van der Waals surface area contributed by atoms with Crippen LogP contribution in [0.25, 0.3) is 0 Å². The lowest BCUT2D eigenvalue weighted by atomic mass is 10.2. The molecule has 0 bridgehead atoms. The van der Waals surface area contributed by atoms with E-state index in [1.807, 2.05) is 0 Å². The number of carbonyl (C=O) groups is 2. The van der Waals surface area contributed by atoms with Gasteiger partial charge < -0.3 is 10.8 Å². The van der Waals surface area contributed by atoms with E-state index in [1.54, 1.807) is 0 Å². The van der Waals surface area contributed by atoms with Crippen molar-refractivity contribution in [3.05, 3.63) is 28.2 Å². The lowest BCUT2D eigenvalue weighted by molar-refractivity contribution is -0.121. The third kappa shape index (κ3) is 2.66. The number of carboxylic acid groups (broad SMARTS) is 1. The van der Waals surface area contributed by atoms with Gasteiger partial charge in [-0.1, -0.05) is 6.92 Å². The largest absolute Gasteiger partial charge is 0.476 e. The summed E-state index contributed by atoms with van der Waals surface area (Å²) in [5, 5.41) is 12.3. The van der Waals surface area contributed by atoms with Crippen LogP contribution in [0.5, 0.6) is 0 Å². The molecule has 0 aliphatic rings. The molecule has 0 fully saturated rings. The number of hydrogen-bond donors (Lipinski definition) is 2. The number of primary amides is 1. The normalized spacial score (nSPS) is 12.1. The predicted molar refractivity (Wildman–Crippen MR) is 53.8 cm³/mol. The first kappa shape index (κ1) is 11.9. The maximum absolute atomic E-state index is 11.3. The first-order valence-corrected chi connectivity index (χ1v) is 4.52. The minimum atomic E-state index is -1.24. The third-order valence-electron chi connectivity index (χ3n) is 2.02. The van der Waals surface area contributed by atoms with Gasteiger partial charge in [0.15, 0.2) is 5.69 Å². The summed E-state index contributed by atoms with van der Waals surface area (Å²) in [4.78, 5) is 32.7. The van der Waals surface area contributed by atoms with Crippen molar-refractivity contribution in [2.45, 2.75) is 13.5 Å². The van der Waals surface area contributed by atoms with Crippen LogP contribution >= 0.6 is 0 Å². The third-order valence-corrected chi connectivity index (χ3v) is 2.02. The van der Waals surface area contributed by atoms with E-state index in [9.17, 15) is 14.4 Å². The predicted octanol–water partition coefficient (Wildman–Crippen LogP) is -0.937. The monoisotopic (exact) mass is 225 g/mol. The van der Waals surface area contributed by atoms with E-state index >= 15 is 0 Å². The molecule has 3 N–H and O–H groups in total. The van der Waals surface area contributed by atoms with Gasteiger partial charge in [-0.15, -0.1) is 0 Å². The Morgan fingerprint density at radius 3 is 2.69 bits per heavy atom. The molecule has 16 heavy (non-hydrogen) atoms. The zero-order valence-corrected chi connectivity index (χ0v) is 8.58. The van der Waals surface area contributed by atoms with Gasteiger partial charge in [0.1, 0.15) is 0 Å². The van der Waals surface area contributed by atoms with E-state index in [0.29, 0.717) is 0 Å². The maximum atomic E-state index is 11.3. The molecule has 0 aromatic carbocycles. The van der Waals surface area contributed by atoms with Crippen LogP contribution in [0.4, 0.5) is 0 Å². The molecule has 1 rings (SSSR count). The molecular weight excluding hydrogens is 214 g/mol. The van der Waals surface area contributed by atoms with E-state index in [0.717, 1.165) is 16.8 Å². The van der Waals surface area contributed by atoms with Crippen LogP contribution in [0.1, 0.15) is 17.4 Å². The molecule has 1 heterocycles. The molecule has 1 aromatic rings. The van der Waals surface area contributed by atoms with Gasteiger partial charge in [-0.2, -0.15) is 5.10 Å². The van der Waals surface area contributed by atoms with Crippen LogP contribution in [0, 0.1) is 5.92 Å². The fourth-order valence-electron chi connectivity index (χ4n) is 1.04. The summed E-state index contributed by atoms with van der Waals surface area (Å²) in [6, 6.07) is 2.19. The summed E-state index contributed by atoms with van der Waals surface area (Å²) in [7, 11) is 0. The van der Waals surface area contributed by atoms with E-state index in [-0.39, 0.29) is 12.2 Å². The van der Waals surface area contributed by atoms with Gasteiger partial charge in [0.25, 0.3) is 5.56 Å². The number of nitrogens with two attached hydrogens (primary N) is 1. The Hall–Kier alpha value is -2.18. The first-order valence-electron chi connectivity index (χ1n) is 4.52. The summed E-state index contributed by atoms with van der Waals surface area (Å²) < 4.78 is 0.916.